The zero-order chi connectivity index (χ0) is 20.4. The molecule has 9 heteroatoms. The van der Waals surface area contributed by atoms with Crippen LogP contribution in [0.15, 0.2) is 30.5 Å². The van der Waals surface area contributed by atoms with Gasteiger partial charge in [0.1, 0.15) is 5.56 Å². The smallest absolute Gasteiger partial charge is 0.378 e. The van der Waals surface area contributed by atoms with E-state index in [9.17, 15) is 13.2 Å². The summed E-state index contributed by atoms with van der Waals surface area (Å²) in [4.78, 5) is 8.07. The maximum Gasteiger partial charge on any atom is 0.419 e. The molecule has 1 atom stereocenters. The highest BCUT2D eigenvalue weighted by molar-refractivity contribution is 5.85. The summed E-state index contributed by atoms with van der Waals surface area (Å²) in [6.07, 6.45) is -1.60. The lowest BCUT2D eigenvalue weighted by molar-refractivity contribution is -0.138. The van der Waals surface area contributed by atoms with Gasteiger partial charge in [0.15, 0.2) is 0 Å². The number of anilines is 1. The first kappa shape index (κ1) is 19.4. The van der Waals surface area contributed by atoms with Gasteiger partial charge in [-0.2, -0.15) is 18.4 Å². The van der Waals surface area contributed by atoms with E-state index in [1.54, 1.807) is 24.3 Å². The zero-order valence-electron chi connectivity index (χ0n) is 15.4. The van der Waals surface area contributed by atoms with Gasteiger partial charge in [-0.3, -0.25) is 0 Å². The zero-order valence-corrected chi connectivity index (χ0v) is 15.4. The lowest BCUT2D eigenvalue weighted by Gasteiger charge is -2.24. The molecule has 1 aromatic carbocycles. The highest BCUT2D eigenvalue weighted by atomic mass is 19.4. The lowest BCUT2D eigenvalue weighted by atomic mass is 9.99. The molecular weight excluding hydrogens is 383 g/mol. The van der Waals surface area contributed by atoms with Crippen LogP contribution in [0.2, 0.25) is 0 Å². The second kappa shape index (κ2) is 7.81. The van der Waals surface area contributed by atoms with E-state index in [-0.39, 0.29) is 17.7 Å². The molecule has 0 amide bonds. The molecule has 1 saturated heterocycles. The number of allylic oxidation sites excluding steroid dienone is 1. The lowest BCUT2D eigenvalue weighted by Crippen LogP contribution is -2.45. The molecule has 1 aliphatic carbocycles. The van der Waals surface area contributed by atoms with Crippen molar-refractivity contribution in [2.24, 2.45) is 0 Å². The molecule has 1 aliphatic heterocycles. The Labute approximate surface area is 165 Å². The molecule has 2 heterocycles. The number of hydrogen-bond donors (Lipinski definition) is 2. The van der Waals surface area contributed by atoms with Crippen LogP contribution in [0.1, 0.15) is 27.9 Å². The van der Waals surface area contributed by atoms with E-state index in [4.69, 9.17) is 10.00 Å². The number of ether oxygens (including phenoxy) is 1. The number of halogens is 3. The summed E-state index contributed by atoms with van der Waals surface area (Å²) >= 11 is 0. The van der Waals surface area contributed by atoms with Crippen LogP contribution in [0.5, 0.6) is 0 Å². The number of nitrogens with zero attached hydrogens (tertiary/aromatic N) is 3. The molecule has 2 aliphatic rings. The summed E-state index contributed by atoms with van der Waals surface area (Å²) < 4.78 is 46.2. The standard InChI is InChI=1S/C20H18F3N5O/c21-20(22,23)17-10-27-19(26-9-14-11-29-6-5-25-14)28-18(17)16-4-2-13-7-12(8-24)1-3-15(13)16/h1,3-4,7,10,14,25H,2,5-6,9,11H2,(H,26,27,28)/t14-/m1/s1. The van der Waals surface area contributed by atoms with Crippen LogP contribution < -0.4 is 10.6 Å². The van der Waals surface area contributed by atoms with Gasteiger partial charge in [0, 0.05) is 30.9 Å². The number of alkyl halides is 3. The van der Waals surface area contributed by atoms with E-state index in [0.717, 1.165) is 18.3 Å². The Hall–Kier alpha value is -2.96. The van der Waals surface area contributed by atoms with Crippen molar-refractivity contribution in [2.75, 3.05) is 31.6 Å². The van der Waals surface area contributed by atoms with Gasteiger partial charge in [-0.1, -0.05) is 12.1 Å². The number of fused-ring (bicyclic) bond motifs is 1. The normalized spacial score (nSPS) is 18.7. The van der Waals surface area contributed by atoms with Crippen molar-refractivity contribution in [2.45, 2.75) is 18.6 Å². The first-order valence-corrected chi connectivity index (χ1v) is 9.19. The molecule has 0 unspecified atom stereocenters. The van der Waals surface area contributed by atoms with Gasteiger partial charge >= 0.3 is 6.18 Å². The summed E-state index contributed by atoms with van der Waals surface area (Å²) in [6.45, 7) is 2.31. The Morgan fingerprint density at radius 2 is 2.21 bits per heavy atom. The molecule has 6 nitrogen and oxygen atoms in total. The van der Waals surface area contributed by atoms with Crippen LogP contribution in [0, 0.1) is 11.3 Å². The van der Waals surface area contributed by atoms with Crippen molar-refractivity contribution in [1.82, 2.24) is 15.3 Å². The van der Waals surface area contributed by atoms with Crippen LogP contribution in [-0.2, 0) is 17.3 Å². The third-order valence-corrected chi connectivity index (χ3v) is 4.90. The van der Waals surface area contributed by atoms with Gasteiger partial charge in [-0.05, 0) is 29.7 Å². The first-order chi connectivity index (χ1) is 14.0. The number of hydrogen-bond acceptors (Lipinski definition) is 6. The minimum atomic E-state index is -4.58. The van der Waals surface area contributed by atoms with Crippen molar-refractivity contribution in [3.8, 4) is 6.07 Å². The highest BCUT2D eigenvalue weighted by Crippen LogP contribution is 2.39. The van der Waals surface area contributed by atoms with E-state index in [1.165, 1.54) is 0 Å². The summed E-state index contributed by atoms with van der Waals surface area (Å²) in [6, 6.07) is 7.05. The van der Waals surface area contributed by atoms with Gasteiger partial charge in [-0.15, -0.1) is 0 Å². The number of morpholine rings is 1. The Kier molecular flexibility index (Phi) is 5.22. The number of nitrogens with one attached hydrogen (secondary N) is 2. The van der Waals surface area contributed by atoms with Crippen LogP contribution >= 0.6 is 0 Å². The number of rotatable bonds is 4. The largest absolute Gasteiger partial charge is 0.419 e. The monoisotopic (exact) mass is 401 g/mol. The van der Waals surface area contributed by atoms with Crippen LogP contribution in [-0.4, -0.2) is 42.3 Å². The molecular formula is C20H18F3N5O. The van der Waals surface area contributed by atoms with Gasteiger partial charge in [0.2, 0.25) is 5.95 Å². The predicted octanol–water partition coefficient (Wildman–Crippen LogP) is 2.76. The molecule has 2 aromatic rings. The molecule has 0 saturated carbocycles. The average molecular weight is 401 g/mol. The molecule has 29 heavy (non-hydrogen) atoms. The number of aromatic nitrogens is 2. The average Bonchev–Trinajstić information content (AvgIpc) is 3.15. The number of benzene rings is 1. The third kappa shape index (κ3) is 4.09. The van der Waals surface area contributed by atoms with E-state index >= 15 is 0 Å². The second-order valence-electron chi connectivity index (χ2n) is 6.87. The summed E-state index contributed by atoms with van der Waals surface area (Å²) in [5, 5.41) is 15.3. The molecule has 4 rings (SSSR count). The fraction of sp³-hybridized carbons (Fsp3) is 0.350. The van der Waals surface area contributed by atoms with Crippen molar-refractivity contribution >= 4 is 11.5 Å². The molecule has 2 N–H and O–H groups in total. The third-order valence-electron chi connectivity index (χ3n) is 4.90. The van der Waals surface area contributed by atoms with Crippen molar-refractivity contribution in [3.63, 3.8) is 0 Å². The molecule has 0 radical (unpaired) electrons. The van der Waals surface area contributed by atoms with Gasteiger partial charge in [-0.25, -0.2) is 9.97 Å². The van der Waals surface area contributed by atoms with Crippen molar-refractivity contribution in [3.05, 3.63) is 58.4 Å². The quantitative estimate of drug-likeness (QED) is 0.820. The Morgan fingerprint density at radius 1 is 1.34 bits per heavy atom. The van der Waals surface area contributed by atoms with E-state index < -0.39 is 11.7 Å². The van der Waals surface area contributed by atoms with E-state index in [2.05, 4.69) is 20.6 Å². The van der Waals surface area contributed by atoms with Crippen LogP contribution in [0.4, 0.5) is 19.1 Å². The topological polar surface area (TPSA) is 82.9 Å². The molecule has 0 bridgehead atoms. The fourth-order valence-electron chi connectivity index (χ4n) is 3.49. The Bertz CT molecular complexity index is 991. The van der Waals surface area contributed by atoms with E-state index in [1.807, 2.05) is 6.07 Å². The van der Waals surface area contributed by atoms with Gasteiger partial charge in [0.25, 0.3) is 0 Å². The summed E-state index contributed by atoms with van der Waals surface area (Å²) in [5.74, 6) is 0.128. The SMILES string of the molecule is N#Cc1ccc2c(c1)CC=C2c1nc(NC[C@@H]2COCCN2)ncc1C(F)(F)F. The predicted molar refractivity (Wildman–Crippen MR) is 100 cm³/mol. The summed E-state index contributed by atoms with van der Waals surface area (Å²) in [7, 11) is 0. The maximum atomic E-state index is 13.6. The summed E-state index contributed by atoms with van der Waals surface area (Å²) in [5.41, 5.74) is 1.30. The molecule has 1 aromatic heterocycles. The molecule has 1 fully saturated rings. The second-order valence-corrected chi connectivity index (χ2v) is 6.87. The highest BCUT2D eigenvalue weighted by Gasteiger charge is 2.37. The Balaban J connectivity index is 1.65. The van der Waals surface area contributed by atoms with Gasteiger partial charge in [0.05, 0.1) is 30.5 Å². The van der Waals surface area contributed by atoms with E-state index in [0.29, 0.717) is 42.9 Å². The van der Waals surface area contributed by atoms with Crippen LogP contribution in [0.3, 0.4) is 0 Å². The Morgan fingerprint density at radius 3 is 2.93 bits per heavy atom. The van der Waals surface area contributed by atoms with Gasteiger partial charge < -0.3 is 15.4 Å². The minimum Gasteiger partial charge on any atom is -0.378 e. The van der Waals surface area contributed by atoms with Crippen LogP contribution in [0.25, 0.3) is 5.57 Å². The number of nitriles is 1. The molecule has 150 valence electrons. The minimum absolute atomic E-state index is 0.0360. The van der Waals surface area contributed by atoms with Crippen molar-refractivity contribution < 1.29 is 17.9 Å². The molecule has 0 spiro atoms. The maximum absolute atomic E-state index is 13.6. The first-order valence-electron chi connectivity index (χ1n) is 9.19. The van der Waals surface area contributed by atoms with Crippen molar-refractivity contribution in [1.29, 1.82) is 5.26 Å². The fourth-order valence-corrected chi connectivity index (χ4v) is 3.49.